The molecule has 1 aromatic heterocycles. The lowest BCUT2D eigenvalue weighted by Crippen LogP contribution is -2.50. The Morgan fingerprint density at radius 2 is 1.95 bits per heavy atom. The largest absolute Gasteiger partial charge is 0.361 e. The highest BCUT2D eigenvalue weighted by molar-refractivity contribution is 5.78. The highest BCUT2D eigenvalue weighted by Crippen LogP contribution is 2.16. The lowest BCUT2D eigenvalue weighted by molar-refractivity contribution is -0.132. The zero-order valence-electron chi connectivity index (χ0n) is 13.0. The zero-order chi connectivity index (χ0) is 14.8. The third-order valence-electron chi connectivity index (χ3n) is 3.43. The van der Waals surface area contributed by atoms with Gasteiger partial charge in [-0.05, 0) is 12.3 Å². The van der Waals surface area contributed by atoms with Crippen LogP contribution in [-0.4, -0.2) is 53.6 Å². The summed E-state index contributed by atoms with van der Waals surface area (Å²) in [6.07, 6.45) is 0.344. The van der Waals surface area contributed by atoms with Crippen molar-refractivity contribution in [3.8, 4) is 0 Å². The van der Waals surface area contributed by atoms with E-state index in [2.05, 4.69) is 30.8 Å². The second-order valence-electron chi connectivity index (χ2n) is 6.82. The fourth-order valence-corrected chi connectivity index (χ4v) is 2.59. The van der Waals surface area contributed by atoms with E-state index in [0.29, 0.717) is 11.8 Å². The maximum absolute atomic E-state index is 12.2. The first-order chi connectivity index (χ1) is 9.33. The van der Waals surface area contributed by atoms with Crippen molar-refractivity contribution in [3.63, 3.8) is 0 Å². The molecule has 1 fully saturated rings. The first-order valence-corrected chi connectivity index (χ1v) is 7.26. The van der Waals surface area contributed by atoms with Gasteiger partial charge in [-0.15, -0.1) is 0 Å². The van der Waals surface area contributed by atoms with Crippen LogP contribution in [0.2, 0.25) is 0 Å². The maximum atomic E-state index is 12.2. The Hall–Kier alpha value is -1.36. The molecular formula is C15H25N3O2. The van der Waals surface area contributed by atoms with E-state index in [-0.39, 0.29) is 5.91 Å². The van der Waals surface area contributed by atoms with Gasteiger partial charge in [-0.1, -0.05) is 25.9 Å². The van der Waals surface area contributed by atoms with Crippen molar-refractivity contribution in [2.75, 3.05) is 32.7 Å². The molecule has 1 saturated heterocycles. The van der Waals surface area contributed by atoms with Crippen molar-refractivity contribution in [1.82, 2.24) is 15.0 Å². The molecule has 0 saturated carbocycles. The Morgan fingerprint density at radius 3 is 2.45 bits per heavy atom. The molecule has 20 heavy (non-hydrogen) atoms. The summed E-state index contributed by atoms with van der Waals surface area (Å²) in [6.45, 7) is 13.2. The van der Waals surface area contributed by atoms with Crippen LogP contribution in [0.1, 0.15) is 32.2 Å². The zero-order valence-corrected chi connectivity index (χ0v) is 13.0. The van der Waals surface area contributed by atoms with E-state index in [9.17, 15) is 4.79 Å². The molecule has 0 radical (unpaired) electrons. The third-order valence-corrected chi connectivity index (χ3v) is 3.43. The van der Waals surface area contributed by atoms with Gasteiger partial charge < -0.3 is 9.42 Å². The number of piperazine rings is 1. The number of rotatable bonds is 3. The second kappa shape index (κ2) is 5.95. The van der Waals surface area contributed by atoms with Crippen molar-refractivity contribution in [2.45, 2.75) is 34.1 Å². The molecule has 0 atom stereocenters. The molecule has 5 heteroatoms. The smallest absolute Gasteiger partial charge is 0.228 e. The monoisotopic (exact) mass is 279 g/mol. The van der Waals surface area contributed by atoms with Crippen LogP contribution < -0.4 is 0 Å². The van der Waals surface area contributed by atoms with Gasteiger partial charge in [0.05, 0.1) is 12.1 Å². The highest BCUT2D eigenvalue weighted by Gasteiger charge is 2.24. The van der Waals surface area contributed by atoms with Crippen LogP contribution in [0.25, 0.3) is 0 Å². The second-order valence-corrected chi connectivity index (χ2v) is 6.82. The molecule has 0 spiro atoms. The predicted octanol–water partition coefficient (Wildman–Crippen LogP) is 1.72. The van der Waals surface area contributed by atoms with E-state index in [1.807, 2.05) is 17.9 Å². The Bertz CT molecular complexity index is 454. The molecule has 2 rings (SSSR count). The van der Waals surface area contributed by atoms with Gasteiger partial charge in [-0.2, -0.15) is 0 Å². The summed E-state index contributed by atoms with van der Waals surface area (Å²) in [5.41, 5.74) is 1.04. The first kappa shape index (κ1) is 15.0. The van der Waals surface area contributed by atoms with Gasteiger partial charge in [0, 0.05) is 38.8 Å². The van der Waals surface area contributed by atoms with Crippen molar-refractivity contribution in [2.24, 2.45) is 5.41 Å². The van der Waals surface area contributed by atoms with Crippen molar-refractivity contribution < 1.29 is 9.32 Å². The number of nitrogens with zero attached hydrogens (tertiary/aromatic N) is 3. The molecule has 112 valence electrons. The molecule has 0 N–H and O–H groups in total. The fourth-order valence-electron chi connectivity index (χ4n) is 2.59. The standard InChI is InChI=1S/C15H25N3O2/c1-12-9-13(16-20-12)10-14(19)18-7-5-17(6-8-18)11-15(2,3)4/h9H,5-8,10-11H2,1-4H3. The molecule has 1 aliphatic rings. The number of carbonyl (C=O) groups is 1. The van der Waals surface area contributed by atoms with E-state index in [4.69, 9.17) is 4.52 Å². The number of amides is 1. The van der Waals surface area contributed by atoms with Gasteiger partial charge in [0.1, 0.15) is 5.76 Å². The maximum Gasteiger partial charge on any atom is 0.228 e. The SMILES string of the molecule is Cc1cc(CC(=O)N2CCN(CC(C)(C)C)CC2)no1. The molecule has 0 aliphatic carbocycles. The molecule has 0 bridgehead atoms. The minimum Gasteiger partial charge on any atom is -0.361 e. The number of carbonyl (C=O) groups excluding carboxylic acids is 1. The lowest BCUT2D eigenvalue weighted by atomic mass is 9.96. The minimum atomic E-state index is 0.147. The van der Waals surface area contributed by atoms with E-state index < -0.39 is 0 Å². The Balaban J connectivity index is 1.80. The lowest BCUT2D eigenvalue weighted by Gasteiger charge is -2.37. The molecular weight excluding hydrogens is 254 g/mol. The van der Waals surface area contributed by atoms with Crippen LogP contribution in [0.3, 0.4) is 0 Å². The van der Waals surface area contributed by atoms with Gasteiger partial charge in [-0.25, -0.2) is 0 Å². The van der Waals surface area contributed by atoms with E-state index in [1.165, 1.54) is 0 Å². The predicted molar refractivity (Wildman–Crippen MR) is 77.4 cm³/mol. The summed E-state index contributed by atoms with van der Waals surface area (Å²) in [6, 6.07) is 1.83. The van der Waals surface area contributed by atoms with E-state index in [1.54, 1.807) is 0 Å². The van der Waals surface area contributed by atoms with Crippen molar-refractivity contribution in [1.29, 1.82) is 0 Å². The molecule has 1 aliphatic heterocycles. The average Bonchev–Trinajstić information content (AvgIpc) is 2.73. The third kappa shape index (κ3) is 4.34. The van der Waals surface area contributed by atoms with Crippen LogP contribution in [0.5, 0.6) is 0 Å². The van der Waals surface area contributed by atoms with Crippen LogP contribution in [0, 0.1) is 12.3 Å². The normalized spacial score (nSPS) is 17.5. The van der Waals surface area contributed by atoms with Crippen LogP contribution in [0.15, 0.2) is 10.6 Å². The van der Waals surface area contributed by atoms with E-state index in [0.717, 1.165) is 44.2 Å². The number of aromatic nitrogens is 1. The van der Waals surface area contributed by atoms with Gasteiger partial charge in [0.15, 0.2) is 0 Å². The van der Waals surface area contributed by atoms with Crippen LogP contribution in [-0.2, 0) is 11.2 Å². The molecule has 0 unspecified atom stereocenters. The summed E-state index contributed by atoms with van der Waals surface area (Å²) < 4.78 is 5.00. The molecule has 2 heterocycles. The number of hydrogen-bond donors (Lipinski definition) is 0. The quantitative estimate of drug-likeness (QED) is 0.845. The molecule has 1 aromatic rings. The van der Waals surface area contributed by atoms with E-state index >= 15 is 0 Å². The average molecular weight is 279 g/mol. The topological polar surface area (TPSA) is 49.6 Å². The molecule has 1 amide bonds. The Labute approximate surface area is 120 Å². The molecule has 5 nitrogen and oxygen atoms in total. The first-order valence-electron chi connectivity index (χ1n) is 7.26. The fraction of sp³-hybridized carbons (Fsp3) is 0.733. The number of aryl methyl sites for hydroxylation is 1. The molecule has 0 aromatic carbocycles. The summed E-state index contributed by atoms with van der Waals surface area (Å²) in [4.78, 5) is 16.6. The van der Waals surface area contributed by atoms with Crippen LogP contribution in [0.4, 0.5) is 0 Å². The van der Waals surface area contributed by atoms with Crippen molar-refractivity contribution >= 4 is 5.91 Å². The Morgan fingerprint density at radius 1 is 1.30 bits per heavy atom. The van der Waals surface area contributed by atoms with Gasteiger partial charge in [0.2, 0.25) is 5.91 Å². The van der Waals surface area contributed by atoms with Crippen molar-refractivity contribution in [3.05, 3.63) is 17.5 Å². The van der Waals surface area contributed by atoms with Gasteiger partial charge >= 0.3 is 0 Å². The minimum absolute atomic E-state index is 0.147. The Kier molecular flexibility index (Phi) is 4.48. The highest BCUT2D eigenvalue weighted by atomic mass is 16.5. The van der Waals surface area contributed by atoms with Crippen LogP contribution >= 0.6 is 0 Å². The summed E-state index contributed by atoms with van der Waals surface area (Å²) >= 11 is 0. The summed E-state index contributed by atoms with van der Waals surface area (Å²) in [5, 5.41) is 3.88. The van der Waals surface area contributed by atoms with Gasteiger partial charge in [-0.3, -0.25) is 9.69 Å². The number of hydrogen-bond acceptors (Lipinski definition) is 4. The summed E-state index contributed by atoms with van der Waals surface area (Å²) in [5.74, 6) is 0.900. The summed E-state index contributed by atoms with van der Waals surface area (Å²) in [7, 11) is 0. The van der Waals surface area contributed by atoms with Gasteiger partial charge in [0.25, 0.3) is 0 Å².